The van der Waals surface area contributed by atoms with Crippen LogP contribution < -0.4 is 10.9 Å². The fourth-order valence-corrected chi connectivity index (χ4v) is 3.05. The standard InChI is InChI=1S/C14H14N4OS/c1-8-9(2)20-13-11(8)12(19)17-14(18-13)16-7-10-5-3-4-6-15-10/h3-6H,7H2,1-2H3,(H2,16,17,18,19). The predicted molar refractivity (Wildman–Crippen MR) is 81.3 cm³/mol. The second kappa shape index (κ2) is 5.05. The van der Waals surface area contributed by atoms with Crippen LogP contribution in [0.1, 0.15) is 16.1 Å². The summed E-state index contributed by atoms with van der Waals surface area (Å²) in [6.07, 6.45) is 1.74. The number of aromatic amines is 1. The summed E-state index contributed by atoms with van der Waals surface area (Å²) in [4.78, 5) is 25.4. The SMILES string of the molecule is Cc1sc2nc(NCc3ccccn3)[nH]c(=O)c2c1C. The first kappa shape index (κ1) is 12.8. The molecule has 0 saturated heterocycles. The molecule has 0 bridgehead atoms. The van der Waals surface area contributed by atoms with E-state index in [0.717, 1.165) is 21.0 Å². The Bertz CT molecular complexity index is 807. The third-order valence-electron chi connectivity index (χ3n) is 3.20. The van der Waals surface area contributed by atoms with Crippen molar-refractivity contribution in [2.24, 2.45) is 0 Å². The maximum atomic E-state index is 12.1. The number of thiophene rings is 1. The fraction of sp³-hybridized carbons (Fsp3) is 0.214. The van der Waals surface area contributed by atoms with Crippen molar-refractivity contribution in [3.05, 3.63) is 50.9 Å². The van der Waals surface area contributed by atoms with Crippen LogP contribution in [0.4, 0.5) is 5.95 Å². The topological polar surface area (TPSA) is 70.7 Å². The van der Waals surface area contributed by atoms with Gasteiger partial charge in [-0.3, -0.25) is 14.8 Å². The summed E-state index contributed by atoms with van der Waals surface area (Å²) < 4.78 is 0. The van der Waals surface area contributed by atoms with Crippen molar-refractivity contribution in [2.45, 2.75) is 20.4 Å². The molecule has 102 valence electrons. The first-order valence-electron chi connectivity index (χ1n) is 6.29. The fourth-order valence-electron chi connectivity index (χ4n) is 2.02. The van der Waals surface area contributed by atoms with Crippen LogP contribution in [0.15, 0.2) is 29.2 Å². The maximum absolute atomic E-state index is 12.1. The average molecular weight is 286 g/mol. The highest BCUT2D eigenvalue weighted by Crippen LogP contribution is 2.26. The summed E-state index contributed by atoms with van der Waals surface area (Å²) in [6.45, 7) is 4.48. The van der Waals surface area contributed by atoms with Crippen molar-refractivity contribution < 1.29 is 0 Å². The van der Waals surface area contributed by atoms with Crippen molar-refractivity contribution in [1.29, 1.82) is 0 Å². The molecule has 0 saturated carbocycles. The predicted octanol–water partition coefficient (Wildman–Crippen LogP) is 2.61. The summed E-state index contributed by atoms with van der Waals surface area (Å²) in [7, 11) is 0. The quantitative estimate of drug-likeness (QED) is 0.776. The second-order valence-electron chi connectivity index (χ2n) is 4.55. The number of aryl methyl sites for hydroxylation is 2. The number of hydrogen-bond acceptors (Lipinski definition) is 5. The van der Waals surface area contributed by atoms with Crippen molar-refractivity contribution in [1.82, 2.24) is 15.0 Å². The van der Waals surface area contributed by atoms with Gasteiger partial charge in [-0.25, -0.2) is 4.98 Å². The molecule has 3 aromatic heterocycles. The number of hydrogen-bond donors (Lipinski definition) is 2. The number of H-pyrrole nitrogens is 1. The van der Waals surface area contributed by atoms with Gasteiger partial charge in [0.1, 0.15) is 4.83 Å². The van der Waals surface area contributed by atoms with Crippen molar-refractivity contribution in [2.75, 3.05) is 5.32 Å². The lowest BCUT2D eigenvalue weighted by atomic mass is 10.2. The van der Waals surface area contributed by atoms with Crippen LogP contribution in [0.5, 0.6) is 0 Å². The van der Waals surface area contributed by atoms with Gasteiger partial charge in [0.2, 0.25) is 5.95 Å². The molecule has 0 atom stereocenters. The molecule has 5 nitrogen and oxygen atoms in total. The van der Waals surface area contributed by atoms with Crippen LogP contribution in [0.25, 0.3) is 10.2 Å². The monoisotopic (exact) mass is 286 g/mol. The van der Waals surface area contributed by atoms with Gasteiger partial charge in [-0.15, -0.1) is 11.3 Å². The Hall–Kier alpha value is -2.21. The minimum Gasteiger partial charge on any atom is -0.350 e. The van der Waals surface area contributed by atoms with Crippen molar-refractivity contribution >= 4 is 27.5 Å². The van der Waals surface area contributed by atoms with Gasteiger partial charge in [0.25, 0.3) is 5.56 Å². The van der Waals surface area contributed by atoms with Crippen molar-refractivity contribution in [3.8, 4) is 0 Å². The Balaban J connectivity index is 1.91. The highest BCUT2D eigenvalue weighted by molar-refractivity contribution is 7.18. The molecule has 0 amide bonds. The van der Waals surface area contributed by atoms with Gasteiger partial charge >= 0.3 is 0 Å². The molecule has 0 spiro atoms. The average Bonchev–Trinajstić information content (AvgIpc) is 2.73. The zero-order valence-corrected chi connectivity index (χ0v) is 12.0. The zero-order chi connectivity index (χ0) is 14.1. The van der Waals surface area contributed by atoms with E-state index >= 15 is 0 Å². The van der Waals surface area contributed by atoms with E-state index in [-0.39, 0.29) is 5.56 Å². The summed E-state index contributed by atoms with van der Waals surface area (Å²) >= 11 is 1.54. The van der Waals surface area contributed by atoms with E-state index in [2.05, 4.69) is 20.3 Å². The lowest BCUT2D eigenvalue weighted by Gasteiger charge is -2.04. The van der Waals surface area contributed by atoms with E-state index in [1.165, 1.54) is 0 Å². The second-order valence-corrected chi connectivity index (χ2v) is 5.76. The van der Waals surface area contributed by atoms with Gasteiger partial charge in [0.05, 0.1) is 17.6 Å². The molecule has 3 heterocycles. The molecule has 0 radical (unpaired) electrons. The molecule has 0 aromatic carbocycles. The Labute approximate surface area is 119 Å². The van der Waals surface area contributed by atoms with Gasteiger partial charge < -0.3 is 5.32 Å². The summed E-state index contributed by atoms with van der Waals surface area (Å²) in [5, 5.41) is 3.79. The molecule has 20 heavy (non-hydrogen) atoms. The van der Waals surface area contributed by atoms with Crippen LogP contribution in [0.2, 0.25) is 0 Å². The van der Waals surface area contributed by atoms with E-state index in [9.17, 15) is 4.79 Å². The Kier molecular flexibility index (Phi) is 3.23. The molecule has 0 aliphatic carbocycles. The lowest BCUT2D eigenvalue weighted by Crippen LogP contribution is -2.13. The van der Waals surface area contributed by atoms with Gasteiger partial charge in [0.15, 0.2) is 0 Å². The Morgan fingerprint density at radius 2 is 2.20 bits per heavy atom. The molecule has 0 aliphatic heterocycles. The van der Waals surface area contributed by atoms with E-state index < -0.39 is 0 Å². The highest BCUT2D eigenvalue weighted by Gasteiger charge is 2.11. The number of nitrogens with zero attached hydrogens (tertiary/aromatic N) is 2. The number of pyridine rings is 1. The summed E-state index contributed by atoms with van der Waals surface area (Å²) in [5.74, 6) is 0.481. The maximum Gasteiger partial charge on any atom is 0.261 e. The van der Waals surface area contributed by atoms with E-state index in [4.69, 9.17) is 0 Å². The highest BCUT2D eigenvalue weighted by atomic mass is 32.1. The molecule has 0 aliphatic rings. The zero-order valence-electron chi connectivity index (χ0n) is 11.2. The van der Waals surface area contributed by atoms with Crippen LogP contribution in [0, 0.1) is 13.8 Å². The molecule has 2 N–H and O–H groups in total. The summed E-state index contributed by atoms with van der Waals surface area (Å²) in [5.41, 5.74) is 1.81. The molecule has 3 aromatic rings. The first-order chi connectivity index (χ1) is 9.65. The van der Waals surface area contributed by atoms with Crippen LogP contribution >= 0.6 is 11.3 Å². The van der Waals surface area contributed by atoms with Crippen molar-refractivity contribution in [3.63, 3.8) is 0 Å². The number of fused-ring (bicyclic) bond motifs is 1. The number of anilines is 1. The third kappa shape index (κ3) is 2.30. The van der Waals surface area contributed by atoms with Crippen LogP contribution in [-0.2, 0) is 6.54 Å². The number of aromatic nitrogens is 3. The molecule has 0 unspecified atom stereocenters. The van der Waals surface area contributed by atoms with Gasteiger partial charge in [0, 0.05) is 11.1 Å². The van der Waals surface area contributed by atoms with Gasteiger partial charge in [-0.1, -0.05) is 6.07 Å². The minimum absolute atomic E-state index is 0.0969. The molecular weight excluding hydrogens is 272 g/mol. The third-order valence-corrected chi connectivity index (χ3v) is 4.30. The van der Waals surface area contributed by atoms with Crippen LogP contribution in [-0.4, -0.2) is 15.0 Å². The van der Waals surface area contributed by atoms with Gasteiger partial charge in [-0.2, -0.15) is 0 Å². The smallest absolute Gasteiger partial charge is 0.261 e. The van der Waals surface area contributed by atoms with Crippen LogP contribution in [0.3, 0.4) is 0 Å². The normalized spacial score (nSPS) is 10.9. The van der Waals surface area contributed by atoms with E-state index in [1.54, 1.807) is 17.5 Å². The molecule has 3 rings (SSSR count). The Morgan fingerprint density at radius 3 is 2.95 bits per heavy atom. The largest absolute Gasteiger partial charge is 0.350 e. The van der Waals surface area contributed by atoms with Gasteiger partial charge in [-0.05, 0) is 31.5 Å². The molecule has 6 heteroatoms. The molecular formula is C14H14N4OS. The lowest BCUT2D eigenvalue weighted by molar-refractivity contribution is 1.00. The molecule has 0 fully saturated rings. The minimum atomic E-state index is -0.0969. The van der Waals surface area contributed by atoms with E-state index in [1.807, 2.05) is 32.0 Å². The number of nitrogens with one attached hydrogen (secondary N) is 2. The first-order valence-corrected chi connectivity index (χ1v) is 7.10. The number of rotatable bonds is 3. The van der Waals surface area contributed by atoms with E-state index in [0.29, 0.717) is 17.9 Å². The Morgan fingerprint density at radius 1 is 1.35 bits per heavy atom. The summed E-state index contributed by atoms with van der Waals surface area (Å²) in [6, 6.07) is 5.71.